The fourth-order valence-corrected chi connectivity index (χ4v) is 16.5. The monoisotopic (exact) mass is 1310 g/mol. The van der Waals surface area contributed by atoms with Gasteiger partial charge < -0.3 is 13.7 Å². The van der Waals surface area contributed by atoms with Gasteiger partial charge in [-0.15, -0.1) is 0 Å². The van der Waals surface area contributed by atoms with Crippen molar-refractivity contribution in [3.8, 4) is 96.0 Å². The average molecular weight is 1310 g/mol. The maximum absolute atomic E-state index is 6.20. The number of nitrogens with zero attached hydrogens (tertiary/aromatic N) is 7. The standard InChI is InChI=1S/C95H71N7/c1-55-29-37-67-69(45-55)70-46-56(2)30-38-68(70)87(67)88-89(94-96-77(63-21-13-9-14-22-63)53-78(97-94)64-23-15-10-16-24-64)91(100-81-39-31-57(3)47-71(81)72-48-58(4)32-40-82(72)100)93(102-85-43-35-61(7)51-75(85)76-52-62(8)36-44-86(76)102)92(101-83-41-33-59(5)49-73(83)74-50-60(6)34-42-84(74)101)90(88)95-98-79(65-25-17-11-18-26-65)54-80(99-95)66-27-19-12-20-28-66/h9-54,87H,1-8H3. The first kappa shape index (κ1) is 60.6. The van der Waals surface area contributed by atoms with Crippen LogP contribution in [0.1, 0.15) is 67.1 Å². The lowest BCUT2D eigenvalue weighted by Gasteiger charge is -2.32. The summed E-state index contributed by atoms with van der Waals surface area (Å²) in [5.74, 6) is 0.627. The molecule has 0 radical (unpaired) electrons. The largest absolute Gasteiger partial charge is 0.306 e. The highest BCUT2D eigenvalue weighted by atomic mass is 15.1. The Hall–Kier alpha value is -12.6. The Morgan fingerprint density at radius 1 is 0.235 bits per heavy atom. The minimum Gasteiger partial charge on any atom is -0.306 e. The van der Waals surface area contributed by atoms with Crippen LogP contribution in [0.5, 0.6) is 0 Å². The van der Waals surface area contributed by atoms with Gasteiger partial charge in [-0.25, -0.2) is 19.9 Å². The van der Waals surface area contributed by atoms with E-state index in [1.165, 1.54) is 66.8 Å². The van der Waals surface area contributed by atoms with E-state index in [9.17, 15) is 0 Å². The van der Waals surface area contributed by atoms with Gasteiger partial charge in [0.2, 0.25) is 0 Å². The molecule has 18 aromatic rings. The fraction of sp³-hybridized carbons (Fsp3) is 0.0947. The smallest absolute Gasteiger partial charge is 0.162 e. The van der Waals surface area contributed by atoms with E-state index >= 15 is 0 Å². The Bertz CT molecular complexity index is 5890. The minimum atomic E-state index is -0.486. The summed E-state index contributed by atoms with van der Waals surface area (Å²) in [7, 11) is 0. The van der Waals surface area contributed by atoms with Crippen molar-refractivity contribution in [3.63, 3.8) is 0 Å². The van der Waals surface area contributed by atoms with Gasteiger partial charge in [-0.1, -0.05) is 239 Å². The van der Waals surface area contributed by atoms with Crippen molar-refractivity contribution in [2.45, 2.75) is 61.3 Å². The van der Waals surface area contributed by atoms with Gasteiger partial charge >= 0.3 is 0 Å². The normalized spacial score (nSPS) is 12.3. The summed E-state index contributed by atoms with van der Waals surface area (Å²) in [4.78, 5) is 24.8. The summed E-state index contributed by atoms with van der Waals surface area (Å²) < 4.78 is 7.81. The van der Waals surface area contributed by atoms with Gasteiger partial charge in [-0.2, -0.15) is 0 Å². The van der Waals surface area contributed by atoms with Crippen LogP contribution in [0.15, 0.2) is 279 Å². The van der Waals surface area contributed by atoms with Crippen molar-refractivity contribution < 1.29 is 0 Å². The molecule has 102 heavy (non-hydrogen) atoms. The topological polar surface area (TPSA) is 66.3 Å². The van der Waals surface area contributed by atoms with E-state index in [1.807, 2.05) is 0 Å². The molecular formula is C95H71N7. The third-order valence-corrected chi connectivity index (χ3v) is 21.2. The van der Waals surface area contributed by atoms with Gasteiger partial charge in [0.05, 0.1) is 84.1 Å². The maximum atomic E-state index is 6.20. The number of aromatic nitrogens is 7. The van der Waals surface area contributed by atoms with Crippen LogP contribution < -0.4 is 0 Å². The molecule has 0 spiro atoms. The van der Waals surface area contributed by atoms with Gasteiger partial charge in [-0.05, 0) is 168 Å². The molecule has 1 aliphatic rings. The van der Waals surface area contributed by atoms with Crippen molar-refractivity contribution in [1.29, 1.82) is 0 Å². The molecule has 486 valence electrons. The molecule has 0 saturated carbocycles. The molecular weight excluding hydrogens is 1240 g/mol. The number of fused-ring (bicyclic) bond motifs is 12. The molecule has 0 amide bonds. The molecule has 0 saturated heterocycles. The zero-order chi connectivity index (χ0) is 68.8. The summed E-state index contributed by atoms with van der Waals surface area (Å²) in [6.45, 7) is 17.7. The lowest BCUT2D eigenvalue weighted by atomic mass is 9.80. The van der Waals surface area contributed by atoms with Crippen LogP contribution in [0.2, 0.25) is 0 Å². The molecule has 1 aliphatic carbocycles. The highest BCUT2D eigenvalue weighted by molar-refractivity contribution is 6.17. The second-order valence-corrected chi connectivity index (χ2v) is 28.3. The molecule has 0 unspecified atom stereocenters. The van der Waals surface area contributed by atoms with E-state index in [0.717, 1.165) is 144 Å². The second-order valence-electron chi connectivity index (χ2n) is 28.3. The third kappa shape index (κ3) is 9.70. The summed E-state index contributed by atoms with van der Waals surface area (Å²) in [5.41, 5.74) is 32.8. The Kier molecular flexibility index (Phi) is 14.0. The maximum Gasteiger partial charge on any atom is 0.162 e. The summed E-state index contributed by atoms with van der Waals surface area (Å²) in [5, 5.41) is 6.87. The number of rotatable bonds is 10. The zero-order valence-electron chi connectivity index (χ0n) is 58.3. The van der Waals surface area contributed by atoms with Crippen LogP contribution in [0.4, 0.5) is 0 Å². The molecule has 13 aromatic carbocycles. The summed E-state index contributed by atoms with van der Waals surface area (Å²) in [6.07, 6.45) is 0. The second kappa shape index (κ2) is 23.5. The molecule has 7 nitrogen and oxygen atoms in total. The van der Waals surface area contributed by atoms with Gasteiger partial charge in [0.1, 0.15) is 0 Å². The van der Waals surface area contributed by atoms with E-state index in [0.29, 0.717) is 11.6 Å². The van der Waals surface area contributed by atoms with Crippen molar-refractivity contribution in [2.75, 3.05) is 0 Å². The van der Waals surface area contributed by atoms with Crippen LogP contribution in [0.25, 0.3) is 161 Å². The lowest BCUT2D eigenvalue weighted by Crippen LogP contribution is -2.18. The predicted molar refractivity (Wildman–Crippen MR) is 424 cm³/mol. The minimum absolute atomic E-state index is 0.486. The van der Waals surface area contributed by atoms with Gasteiger partial charge in [0, 0.05) is 60.5 Å². The van der Waals surface area contributed by atoms with Crippen molar-refractivity contribution in [1.82, 2.24) is 33.6 Å². The van der Waals surface area contributed by atoms with E-state index < -0.39 is 5.92 Å². The van der Waals surface area contributed by atoms with Crippen LogP contribution in [-0.4, -0.2) is 33.6 Å². The van der Waals surface area contributed by atoms with Crippen molar-refractivity contribution in [2.24, 2.45) is 0 Å². The molecule has 0 atom stereocenters. The SMILES string of the molecule is Cc1ccc2c(c1)-c1cc(C)ccc1C2c1c(-c2nc(-c3ccccc3)cc(-c3ccccc3)n2)c(-n2c3ccc(C)cc3c3cc(C)ccc32)c(-n2c3ccc(C)cc3c3cc(C)ccc32)c(-n2c3ccc(C)cc3c3cc(C)ccc32)c1-c1nc(-c2ccccc2)cc(-c2ccccc2)n1. The molecule has 0 aliphatic heterocycles. The number of aryl methyl sites for hydroxylation is 8. The van der Waals surface area contributed by atoms with Crippen molar-refractivity contribution in [3.05, 3.63) is 340 Å². The van der Waals surface area contributed by atoms with E-state index in [2.05, 4.69) is 348 Å². The lowest BCUT2D eigenvalue weighted by molar-refractivity contribution is 0.970. The number of hydrogen-bond donors (Lipinski definition) is 0. The van der Waals surface area contributed by atoms with Gasteiger partial charge in [-0.3, -0.25) is 0 Å². The third-order valence-electron chi connectivity index (χ3n) is 21.2. The fourth-order valence-electron chi connectivity index (χ4n) is 16.5. The van der Waals surface area contributed by atoms with Gasteiger partial charge in [0.25, 0.3) is 0 Å². The van der Waals surface area contributed by atoms with Crippen LogP contribution in [0, 0.1) is 55.4 Å². The molecule has 0 N–H and O–H groups in total. The van der Waals surface area contributed by atoms with Crippen LogP contribution >= 0.6 is 0 Å². The van der Waals surface area contributed by atoms with Crippen LogP contribution in [0.3, 0.4) is 0 Å². The highest BCUT2D eigenvalue weighted by Crippen LogP contribution is 2.59. The summed E-state index contributed by atoms with van der Waals surface area (Å²) >= 11 is 0. The molecule has 7 heteroatoms. The molecule has 0 fully saturated rings. The first-order valence-corrected chi connectivity index (χ1v) is 35.4. The number of benzene rings is 13. The molecule has 5 heterocycles. The molecule has 19 rings (SSSR count). The van der Waals surface area contributed by atoms with E-state index in [4.69, 9.17) is 19.9 Å². The first-order chi connectivity index (χ1) is 49.8. The van der Waals surface area contributed by atoms with E-state index in [1.54, 1.807) is 0 Å². The van der Waals surface area contributed by atoms with Crippen LogP contribution in [-0.2, 0) is 0 Å². The van der Waals surface area contributed by atoms with Crippen molar-refractivity contribution >= 4 is 65.4 Å². The van der Waals surface area contributed by atoms with E-state index in [-0.39, 0.29) is 0 Å². The quantitative estimate of drug-likeness (QED) is 0.137. The highest BCUT2D eigenvalue weighted by Gasteiger charge is 2.42. The summed E-state index contributed by atoms with van der Waals surface area (Å²) in [6, 6.07) is 103. The molecule has 5 aromatic heterocycles. The zero-order valence-corrected chi connectivity index (χ0v) is 58.3. The average Bonchev–Trinajstić information content (AvgIpc) is 1.40. The first-order valence-electron chi connectivity index (χ1n) is 35.4. The number of hydrogen-bond acceptors (Lipinski definition) is 4. The Morgan fingerprint density at radius 2 is 0.471 bits per heavy atom. The Balaban J connectivity index is 1.19. The predicted octanol–water partition coefficient (Wildman–Crippen LogP) is 24.2. The molecule has 0 bridgehead atoms. The Morgan fingerprint density at radius 3 is 0.735 bits per heavy atom. The Labute approximate surface area is 593 Å². The van der Waals surface area contributed by atoms with Gasteiger partial charge in [0.15, 0.2) is 11.6 Å².